The predicted molar refractivity (Wildman–Crippen MR) is 77.6 cm³/mol. The number of amides is 1. The summed E-state index contributed by atoms with van der Waals surface area (Å²) in [4.78, 5) is 24.4. The molecule has 1 heterocycles. The highest BCUT2D eigenvalue weighted by Gasteiger charge is 2.18. The van der Waals surface area contributed by atoms with Gasteiger partial charge in [0.1, 0.15) is 0 Å². The number of carbonyl (C=O) groups excluding carboxylic acids is 1. The molecule has 0 spiro atoms. The van der Waals surface area contributed by atoms with Crippen molar-refractivity contribution in [3.63, 3.8) is 0 Å². The molecule has 0 aromatic heterocycles. The molecule has 0 radical (unpaired) electrons. The van der Waals surface area contributed by atoms with E-state index in [1.54, 1.807) is 0 Å². The van der Waals surface area contributed by atoms with Crippen LogP contribution < -0.4 is 10.6 Å². The molecule has 6 heteroatoms. The van der Waals surface area contributed by atoms with Crippen LogP contribution in [0.1, 0.15) is 39.0 Å². The average molecular weight is 285 g/mol. The Hall–Kier alpha value is -1.14. The van der Waals surface area contributed by atoms with Gasteiger partial charge in [0.2, 0.25) is 5.91 Å². The fraction of sp³-hybridized carbons (Fsp3) is 0.857. The molecule has 0 aromatic carbocycles. The Morgan fingerprint density at radius 3 is 2.85 bits per heavy atom. The maximum absolute atomic E-state index is 11.8. The van der Waals surface area contributed by atoms with E-state index in [9.17, 15) is 9.59 Å². The van der Waals surface area contributed by atoms with Crippen molar-refractivity contribution in [1.82, 2.24) is 15.5 Å². The third-order valence-electron chi connectivity index (χ3n) is 3.44. The maximum atomic E-state index is 11.8. The molecule has 1 atom stereocenters. The molecule has 1 aliphatic heterocycles. The zero-order valence-corrected chi connectivity index (χ0v) is 12.4. The van der Waals surface area contributed by atoms with Gasteiger partial charge in [0.25, 0.3) is 0 Å². The van der Waals surface area contributed by atoms with E-state index < -0.39 is 5.97 Å². The largest absolute Gasteiger partial charge is 0.481 e. The number of rotatable bonds is 10. The zero-order valence-electron chi connectivity index (χ0n) is 12.4. The minimum atomic E-state index is -0.820. The molecule has 1 rings (SSSR count). The predicted octanol–water partition coefficient (Wildman–Crippen LogP) is 0.431. The fourth-order valence-electron chi connectivity index (χ4n) is 2.50. The summed E-state index contributed by atoms with van der Waals surface area (Å²) in [5, 5.41) is 14.8. The summed E-state index contributed by atoms with van der Waals surface area (Å²) in [6, 6.07) is 0.501. The highest BCUT2D eigenvalue weighted by molar-refractivity contribution is 5.78. The first kappa shape index (κ1) is 16.9. The number of nitrogens with one attached hydrogen (secondary N) is 2. The number of carboxylic acid groups (broad SMARTS) is 1. The number of hydrogen-bond acceptors (Lipinski definition) is 4. The summed E-state index contributed by atoms with van der Waals surface area (Å²) >= 11 is 0. The number of carboxylic acids is 1. The Morgan fingerprint density at radius 2 is 2.25 bits per heavy atom. The first-order valence-electron chi connectivity index (χ1n) is 7.56. The average Bonchev–Trinajstić information content (AvgIpc) is 2.87. The van der Waals surface area contributed by atoms with Crippen molar-refractivity contribution in [2.45, 2.75) is 45.1 Å². The Kier molecular flexibility index (Phi) is 8.22. The molecule has 0 bridgehead atoms. The molecule has 6 nitrogen and oxygen atoms in total. The van der Waals surface area contributed by atoms with E-state index in [2.05, 4.69) is 22.5 Å². The fourth-order valence-corrected chi connectivity index (χ4v) is 2.50. The second kappa shape index (κ2) is 9.72. The summed E-state index contributed by atoms with van der Waals surface area (Å²) in [7, 11) is 0. The molecular formula is C14H27N3O3. The summed E-state index contributed by atoms with van der Waals surface area (Å²) in [6.45, 7) is 5.86. The minimum absolute atomic E-state index is 0.0122. The van der Waals surface area contributed by atoms with E-state index in [-0.39, 0.29) is 12.3 Å². The lowest BCUT2D eigenvalue weighted by atomic mass is 10.2. The van der Waals surface area contributed by atoms with E-state index in [1.165, 1.54) is 12.8 Å². The molecular weight excluding hydrogens is 258 g/mol. The van der Waals surface area contributed by atoms with E-state index in [0.29, 0.717) is 25.6 Å². The van der Waals surface area contributed by atoms with Crippen LogP contribution in [0.3, 0.4) is 0 Å². The van der Waals surface area contributed by atoms with Crippen LogP contribution in [-0.4, -0.2) is 60.6 Å². The lowest BCUT2D eigenvalue weighted by Crippen LogP contribution is -2.43. The van der Waals surface area contributed by atoms with E-state index in [1.807, 2.05) is 0 Å². The molecule has 1 saturated heterocycles. The van der Waals surface area contributed by atoms with Gasteiger partial charge in [-0.25, -0.2) is 0 Å². The first-order chi connectivity index (χ1) is 9.61. The van der Waals surface area contributed by atoms with Gasteiger partial charge < -0.3 is 15.7 Å². The molecule has 1 unspecified atom stereocenters. The molecule has 0 aromatic rings. The molecule has 0 aliphatic carbocycles. The smallest absolute Gasteiger partial charge is 0.303 e. The second-order valence-electron chi connectivity index (χ2n) is 5.38. The van der Waals surface area contributed by atoms with Gasteiger partial charge in [0.15, 0.2) is 0 Å². The molecule has 1 amide bonds. The monoisotopic (exact) mass is 285 g/mol. The van der Waals surface area contributed by atoms with Crippen LogP contribution in [0.4, 0.5) is 0 Å². The van der Waals surface area contributed by atoms with Crippen LogP contribution >= 0.6 is 0 Å². The Balaban J connectivity index is 2.21. The quantitative estimate of drug-likeness (QED) is 0.507. The van der Waals surface area contributed by atoms with Crippen molar-refractivity contribution in [2.24, 2.45) is 0 Å². The highest BCUT2D eigenvalue weighted by atomic mass is 16.4. The number of nitrogens with zero attached hydrogens (tertiary/aromatic N) is 1. The zero-order chi connectivity index (χ0) is 14.8. The van der Waals surface area contributed by atoms with Crippen molar-refractivity contribution >= 4 is 11.9 Å². The van der Waals surface area contributed by atoms with Crippen molar-refractivity contribution in [3.8, 4) is 0 Å². The Labute approximate surface area is 120 Å². The second-order valence-corrected chi connectivity index (χ2v) is 5.38. The summed E-state index contributed by atoms with van der Waals surface area (Å²) < 4.78 is 0. The molecule has 116 valence electrons. The lowest BCUT2D eigenvalue weighted by molar-refractivity contribution is -0.137. The van der Waals surface area contributed by atoms with Gasteiger partial charge in [0, 0.05) is 25.6 Å². The normalized spacial score (nSPS) is 18.4. The van der Waals surface area contributed by atoms with Gasteiger partial charge in [-0.1, -0.05) is 6.92 Å². The summed E-state index contributed by atoms with van der Waals surface area (Å²) in [5.74, 6) is -0.832. The summed E-state index contributed by atoms with van der Waals surface area (Å²) in [6.07, 6.45) is 4.01. The highest BCUT2D eigenvalue weighted by Crippen LogP contribution is 2.07. The lowest BCUT2D eigenvalue weighted by Gasteiger charge is -2.24. The van der Waals surface area contributed by atoms with Crippen molar-refractivity contribution in [2.75, 3.05) is 32.7 Å². The van der Waals surface area contributed by atoms with Gasteiger partial charge >= 0.3 is 5.97 Å². The van der Waals surface area contributed by atoms with Crippen LogP contribution in [0.2, 0.25) is 0 Å². The third-order valence-corrected chi connectivity index (χ3v) is 3.44. The van der Waals surface area contributed by atoms with Crippen LogP contribution in [0.5, 0.6) is 0 Å². The van der Waals surface area contributed by atoms with Crippen molar-refractivity contribution < 1.29 is 14.7 Å². The van der Waals surface area contributed by atoms with Gasteiger partial charge in [-0.2, -0.15) is 0 Å². The maximum Gasteiger partial charge on any atom is 0.303 e. The first-order valence-corrected chi connectivity index (χ1v) is 7.56. The van der Waals surface area contributed by atoms with Crippen molar-refractivity contribution in [1.29, 1.82) is 0 Å². The molecule has 3 N–H and O–H groups in total. The van der Waals surface area contributed by atoms with Gasteiger partial charge in [-0.15, -0.1) is 0 Å². The number of hydrogen-bond donors (Lipinski definition) is 3. The van der Waals surface area contributed by atoms with Gasteiger partial charge in [-0.3, -0.25) is 14.5 Å². The van der Waals surface area contributed by atoms with Gasteiger partial charge in [-0.05, 0) is 38.8 Å². The van der Waals surface area contributed by atoms with Crippen LogP contribution in [-0.2, 0) is 9.59 Å². The van der Waals surface area contributed by atoms with Crippen LogP contribution in [0.25, 0.3) is 0 Å². The summed E-state index contributed by atoms with van der Waals surface area (Å²) in [5.41, 5.74) is 0. The molecule has 0 saturated carbocycles. The minimum Gasteiger partial charge on any atom is -0.481 e. The standard InChI is InChI=1S/C14H27N3O3/c1-2-9-17(10-12-5-3-7-15-12)11-13(18)16-8-4-6-14(19)20/h12,15H,2-11H2,1H3,(H,16,18)(H,19,20). The third kappa shape index (κ3) is 7.45. The number of aliphatic carboxylic acids is 1. The topological polar surface area (TPSA) is 81.7 Å². The molecule has 1 fully saturated rings. The Bertz CT molecular complexity index is 304. The van der Waals surface area contributed by atoms with E-state index in [0.717, 1.165) is 26.1 Å². The van der Waals surface area contributed by atoms with Crippen molar-refractivity contribution in [3.05, 3.63) is 0 Å². The van der Waals surface area contributed by atoms with E-state index in [4.69, 9.17) is 5.11 Å². The van der Waals surface area contributed by atoms with Crippen LogP contribution in [0, 0.1) is 0 Å². The van der Waals surface area contributed by atoms with Crippen LogP contribution in [0.15, 0.2) is 0 Å². The SMILES string of the molecule is CCCN(CC(=O)NCCCC(=O)O)CC1CCCN1. The molecule has 20 heavy (non-hydrogen) atoms. The van der Waals surface area contributed by atoms with E-state index >= 15 is 0 Å². The molecule has 1 aliphatic rings. The van der Waals surface area contributed by atoms with Gasteiger partial charge in [0.05, 0.1) is 6.54 Å². The number of carbonyl (C=O) groups is 2. The Morgan fingerprint density at radius 1 is 1.45 bits per heavy atom.